The van der Waals surface area contributed by atoms with Gasteiger partial charge in [-0.05, 0) is 38.1 Å². The average Bonchev–Trinajstić information content (AvgIpc) is 2.30. The van der Waals surface area contributed by atoms with E-state index in [1.165, 1.54) is 18.2 Å². The lowest BCUT2D eigenvalue weighted by atomic mass is 10.1. The summed E-state index contributed by atoms with van der Waals surface area (Å²) in [4.78, 5) is 10.6. The zero-order chi connectivity index (χ0) is 13.5. The monoisotopic (exact) mass is 256 g/mol. The summed E-state index contributed by atoms with van der Waals surface area (Å²) < 4.78 is 18.6. The Kier molecular flexibility index (Phi) is 5.38. The van der Waals surface area contributed by atoms with Crippen LogP contribution in [0.4, 0.5) is 9.18 Å². The number of rotatable bonds is 6. The van der Waals surface area contributed by atoms with Crippen molar-refractivity contribution >= 4 is 6.09 Å². The van der Waals surface area contributed by atoms with Crippen LogP contribution in [0.2, 0.25) is 0 Å². The van der Waals surface area contributed by atoms with Gasteiger partial charge in [0.1, 0.15) is 11.6 Å². The summed E-state index contributed by atoms with van der Waals surface area (Å²) in [6, 6.07) is 3.47. The van der Waals surface area contributed by atoms with Gasteiger partial charge in [-0.25, -0.2) is 9.18 Å². The van der Waals surface area contributed by atoms with Gasteiger partial charge in [0.2, 0.25) is 0 Å². The van der Waals surface area contributed by atoms with Crippen LogP contribution in [0, 0.1) is 5.82 Å². The largest absolute Gasteiger partial charge is 0.493 e. The van der Waals surface area contributed by atoms with Gasteiger partial charge in [0.25, 0.3) is 0 Å². The fourth-order valence-electron chi connectivity index (χ4n) is 1.52. The summed E-state index contributed by atoms with van der Waals surface area (Å²) >= 11 is 0. The van der Waals surface area contributed by atoms with Crippen LogP contribution in [0.1, 0.15) is 24.9 Å². The van der Waals surface area contributed by atoms with Crippen LogP contribution in [0.5, 0.6) is 5.75 Å². The molecule has 0 aliphatic heterocycles. The van der Waals surface area contributed by atoms with Crippen molar-refractivity contribution in [3.8, 4) is 5.75 Å². The first-order valence-electron chi connectivity index (χ1n) is 5.66. The number of hydrogen-bond donors (Lipinski definition) is 3. The Morgan fingerprint density at radius 3 is 2.94 bits per heavy atom. The van der Waals surface area contributed by atoms with Crippen molar-refractivity contribution < 1.29 is 19.0 Å². The summed E-state index contributed by atoms with van der Waals surface area (Å²) in [7, 11) is 0. The molecule has 0 bridgehead atoms. The van der Waals surface area contributed by atoms with Crippen molar-refractivity contribution in [3.05, 3.63) is 29.6 Å². The molecular weight excluding hydrogens is 239 g/mol. The molecule has 0 unspecified atom stereocenters. The minimum absolute atomic E-state index is 0.412. The lowest BCUT2D eigenvalue weighted by Gasteiger charge is -2.17. The van der Waals surface area contributed by atoms with Crippen LogP contribution in [-0.2, 0) is 0 Å². The first kappa shape index (κ1) is 14.2. The van der Waals surface area contributed by atoms with Crippen molar-refractivity contribution in [3.63, 3.8) is 0 Å². The van der Waals surface area contributed by atoms with Gasteiger partial charge in [-0.1, -0.05) is 0 Å². The fraction of sp³-hybridized carbons (Fsp3) is 0.417. The van der Waals surface area contributed by atoms with Crippen LogP contribution in [0.3, 0.4) is 0 Å². The highest BCUT2D eigenvalue weighted by Crippen LogP contribution is 2.26. The van der Waals surface area contributed by atoms with E-state index < -0.39 is 18.0 Å². The van der Waals surface area contributed by atoms with E-state index in [1.807, 2.05) is 0 Å². The molecule has 0 aliphatic rings. The van der Waals surface area contributed by atoms with E-state index in [0.29, 0.717) is 30.9 Å². The second-order valence-corrected chi connectivity index (χ2v) is 3.84. The van der Waals surface area contributed by atoms with Crippen molar-refractivity contribution in [2.45, 2.75) is 19.4 Å². The van der Waals surface area contributed by atoms with Crippen molar-refractivity contribution in [2.75, 3.05) is 13.2 Å². The molecule has 0 aromatic heterocycles. The van der Waals surface area contributed by atoms with Gasteiger partial charge in [-0.2, -0.15) is 0 Å². The van der Waals surface area contributed by atoms with Crippen LogP contribution in [0.25, 0.3) is 0 Å². The molecule has 0 aliphatic carbocycles. The van der Waals surface area contributed by atoms with Crippen molar-refractivity contribution in [2.24, 2.45) is 5.73 Å². The smallest absolute Gasteiger partial charge is 0.405 e. The number of benzene rings is 1. The number of carboxylic acid groups (broad SMARTS) is 1. The molecule has 0 saturated heterocycles. The van der Waals surface area contributed by atoms with Gasteiger partial charge < -0.3 is 20.9 Å². The second-order valence-electron chi connectivity index (χ2n) is 3.84. The van der Waals surface area contributed by atoms with E-state index in [2.05, 4.69) is 5.32 Å². The molecule has 1 aromatic rings. The Morgan fingerprint density at radius 2 is 2.33 bits per heavy atom. The zero-order valence-electron chi connectivity index (χ0n) is 10.1. The highest BCUT2D eigenvalue weighted by Gasteiger charge is 2.14. The lowest BCUT2D eigenvalue weighted by molar-refractivity contribution is 0.190. The highest BCUT2D eigenvalue weighted by molar-refractivity contribution is 5.65. The third-order valence-corrected chi connectivity index (χ3v) is 2.38. The topological polar surface area (TPSA) is 84.6 Å². The molecule has 1 atom stereocenters. The minimum atomic E-state index is -1.17. The average molecular weight is 256 g/mol. The van der Waals surface area contributed by atoms with Crippen LogP contribution >= 0.6 is 0 Å². The van der Waals surface area contributed by atoms with Crippen molar-refractivity contribution in [1.29, 1.82) is 0 Å². The van der Waals surface area contributed by atoms with Gasteiger partial charge in [0, 0.05) is 5.56 Å². The number of halogens is 1. The Hall–Kier alpha value is -1.82. The van der Waals surface area contributed by atoms with Gasteiger partial charge in [-0.15, -0.1) is 0 Å². The molecule has 4 N–H and O–H groups in total. The quantitative estimate of drug-likeness (QED) is 0.678. The summed E-state index contributed by atoms with van der Waals surface area (Å²) in [5.41, 5.74) is 5.82. The molecule has 1 aromatic carbocycles. The maximum atomic E-state index is 13.2. The van der Waals surface area contributed by atoms with Gasteiger partial charge in [-0.3, -0.25) is 0 Å². The third kappa shape index (κ3) is 4.21. The molecule has 0 fully saturated rings. The highest BCUT2D eigenvalue weighted by atomic mass is 19.1. The first-order chi connectivity index (χ1) is 8.54. The van der Waals surface area contributed by atoms with E-state index in [9.17, 15) is 9.18 Å². The van der Waals surface area contributed by atoms with E-state index in [4.69, 9.17) is 15.6 Å². The predicted molar refractivity (Wildman–Crippen MR) is 65.1 cm³/mol. The molecule has 0 saturated carbocycles. The predicted octanol–water partition coefficient (Wildman–Crippen LogP) is 1.88. The molecule has 6 heteroatoms. The third-order valence-electron chi connectivity index (χ3n) is 2.38. The second kappa shape index (κ2) is 6.80. The van der Waals surface area contributed by atoms with Crippen molar-refractivity contribution in [1.82, 2.24) is 5.32 Å². The van der Waals surface area contributed by atoms with Crippen LogP contribution in [-0.4, -0.2) is 24.4 Å². The van der Waals surface area contributed by atoms with Crippen LogP contribution in [0.15, 0.2) is 18.2 Å². The number of nitrogens with two attached hydrogens (primary N) is 1. The summed E-state index contributed by atoms with van der Waals surface area (Å²) in [5.74, 6) is 0.0290. The molecule has 0 radical (unpaired) electrons. The van der Waals surface area contributed by atoms with E-state index in [1.54, 1.807) is 6.92 Å². The standard InChI is InChI=1S/C12H17FN2O3/c1-8(15-12(16)17)10-7-9(13)3-4-11(10)18-6-2-5-14/h3-4,7-8,15H,2,5-6,14H2,1H3,(H,16,17)/t8-/m1/s1. The molecule has 1 rings (SSSR count). The lowest BCUT2D eigenvalue weighted by Crippen LogP contribution is -2.25. The van der Waals surface area contributed by atoms with Gasteiger partial charge >= 0.3 is 6.09 Å². The summed E-state index contributed by atoms with van der Waals surface area (Å²) in [5, 5.41) is 10.9. The summed E-state index contributed by atoms with van der Waals surface area (Å²) in [6.45, 7) is 2.53. The Morgan fingerprint density at radius 1 is 1.61 bits per heavy atom. The van der Waals surface area contributed by atoms with E-state index in [0.717, 1.165) is 0 Å². The molecular formula is C12H17FN2O3. The van der Waals surface area contributed by atoms with Gasteiger partial charge in [0.15, 0.2) is 0 Å². The molecule has 5 nitrogen and oxygen atoms in total. The first-order valence-corrected chi connectivity index (χ1v) is 5.66. The molecule has 0 spiro atoms. The summed E-state index contributed by atoms with van der Waals surface area (Å²) in [6.07, 6.45) is -0.489. The zero-order valence-corrected chi connectivity index (χ0v) is 10.1. The molecule has 1 amide bonds. The molecule has 0 heterocycles. The van der Waals surface area contributed by atoms with Gasteiger partial charge in [0.05, 0.1) is 12.6 Å². The number of carbonyl (C=O) groups is 1. The number of amides is 1. The van der Waals surface area contributed by atoms with Crippen LogP contribution < -0.4 is 15.8 Å². The Balaban J connectivity index is 2.85. The van der Waals surface area contributed by atoms with E-state index in [-0.39, 0.29) is 0 Å². The number of hydrogen-bond acceptors (Lipinski definition) is 3. The maximum absolute atomic E-state index is 13.2. The molecule has 100 valence electrons. The Bertz CT molecular complexity index is 412. The fourth-order valence-corrected chi connectivity index (χ4v) is 1.52. The number of nitrogens with one attached hydrogen (secondary N) is 1. The number of ether oxygens (including phenoxy) is 1. The Labute approximate surface area is 105 Å². The maximum Gasteiger partial charge on any atom is 0.405 e. The minimum Gasteiger partial charge on any atom is -0.493 e. The molecule has 18 heavy (non-hydrogen) atoms. The SMILES string of the molecule is C[C@@H](NC(=O)O)c1cc(F)ccc1OCCCN. The normalized spacial score (nSPS) is 11.9. The van der Waals surface area contributed by atoms with E-state index >= 15 is 0 Å².